The van der Waals surface area contributed by atoms with Crippen LogP contribution in [0.2, 0.25) is 0 Å². The molecule has 1 N–H and O–H groups in total. The monoisotopic (exact) mass is 380 g/mol. The van der Waals surface area contributed by atoms with Crippen LogP contribution < -0.4 is 5.32 Å². The molecule has 0 amide bonds. The Morgan fingerprint density at radius 3 is 2.64 bits per heavy atom. The van der Waals surface area contributed by atoms with Crippen LogP contribution in [0.5, 0.6) is 0 Å². The molecular formula is C22H28N4O2. The molecule has 148 valence electrons. The Hall–Kier alpha value is -2.18. The molecule has 0 bridgehead atoms. The maximum Gasteiger partial charge on any atom is 0.138 e. The van der Waals surface area contributed by atoms with E-state index in [0.29, 0.717) is 12.1 Å². The fraction of sp³-hybridized carbons (Fsp3) is 0.545. The van der Waals surface area contributed by atoms with Crippen molar-refractivity contribution in [2.24, 2.45) is 0 Å². The van der Waals surface area contributed by atoms with Crippen molar-refractivity contribution in [3.8, 4) is 0 Å². The minimum absolute atomic E-state index is 0.460. The maximum absolute atomic E-state index is 5.84. The summed E-state index contributed by atoms with van der Waals surface area (Å²) in [5.41, 5.74) is 2.06. The van der Waals surface area contributed by atoms with E-state index in [-0.39, 0.29) is 0 Å². The van der Waals surface area contributed by atoms with Gasteiger partial charge >= 0.3 is 0 Å². The van der Waals surface area contributed by atoms with E-state index in [4.69, 9.17) is 9.47 Å². The summed E-state index contributed by atoms with van der Waals surface area (Å²) in [6, 6.07) is 7.38. The second-order valence-corrected chi connectivity index (χ2v) is 7.93. The predicted octanol–water partition coefficient (Wildman–Crippen LogP) is 3.45. The van der Waals surface area contributed by atoms with Gasteiger partial charge in [-0.3, -0.25) is 4.90 Å². The van der Waals surface area contributed by atoms with E-state index in [0.717, 1.165) is 67.4 Å². The summed E-state index contributed by atoms with van der Waals surface area (Å²) in [7, 11) is 0. The summed E-state index contributed by atoms with van der Waals surface area (Å²) < 4.78 is 11.3. The Kier molecular flexibility index (Phi) is 5.14. The highest BCUT2D eigenvalue weighted by Crippen LogP contribution is 2.33. The quantitative estimate of drug-likeness (QED) is 0.877. The lowest BCUT2D eigenvalue weighted by molar-refractivity contribution is 0.00791. The molecule has 0 radical (unpaired) electrons. The van der Waals surface area contributed by atoms with Crippen molar-refractivity contribution in [3.05, 3.63) is 36.2 Å². The average molecular weight is 380 g/mol. The molecule has 3 heterocycles. The van der Waals surface area contributed by atoms with Gasteiger partial charge in [0.05, 0.1) is 30.7 Å². The van der Waals surface area contributed by atoms with Crippen molar-refractivity contribution < 1.29 is 9.47 Å². The normalized spacial score (nSPS) is 26.1. The van der Waals surface area contributed by atoms with Gasteiger partial charge in [0.2, 0.25) is 0 Å². The van der Waals surface area contributed by atoms with Crippen molar-refractivity contribution in [1.82, 2.24) is 14.9 Å². The number of nitrogens with zero attached hydrogens (tertiary/aromatic N) is 3. The van der Waals surface area contributed by atoms with Gasteiger partial charge in [0, 0.05) is 37.2 Å². The fourth-order valence-electron chi connectivity index (χ4n) is 4.75. The third-order valence-corrected chi connectivity index (χ3v) is 6.23. The Morgan fingerprint density at radius 1 is 1.00 bits per heavy atom. The molecule has 6 heteroatoms. The first kappa shape index (κ1) is 17.9. The standard InChI is InChI=1S/C22H28N4O2/c1-3-18(20-5-2-12-28-20)21-19(4-1)23-15-24-22(21)25-16-6-8-17(9-7-16)26-10-13-27-14-11-26/h1,3-5,15-17H,2,6-14H2,(H,23,24,25). The molecule has 1 aromatic heterocycles. The van der Waals surface area contributed by atoms with Gasteiger partial charge in [-0.05, 0) is 37.8 Å². The highest BCUT2D eigenvalue weighted by atomic mass is 16.5. The van der Waals surface area contributed by atoms with Crippen LogP contribution in [0.15, 0.2) is 30.6 Å². The first-order chi connectivity index (χ1) is 13.9. The number of ether oxygens (including phenoxy) is 2. The Balaban J connectivity index is 1.33. The molecule has 28 heavy (non-hydrogen) atoms. The smallest absolute Gasteiger partial charge is 0.138 e. The molecule has 1 aromatic carbocycles. The van der Waals surface area contributed by atoms with Crippen LogP contribution in [0.4, 0.5) is 5.82 Å². The van der Waals surface area contributed by atoms with Crippen molar-refractivity contribution in [3.63, 3.8) is 0 Å². The number of hydrogen-bond donors (Lipinski definition) is 1. The fourth-order valence-corrected chi connectivity index (χ4v) is 4.75. The van der Waals surface area contributed by atoms with Gasteiger partial charge in [-0.1, -0.05) is 12.1 Å². The topological polar surface area (TPSA) is 59.5 Å². The number of nitrogens with one attached hydrogen (secondary N) is 1. The zero-order chi connectivity index (χ0) is 18.8. The van der Waals surface area contributed by atoms with Crippen molar-refractivity contribution in [2.75, 3.05) is 38.2 Å². The number of aromatic nitrogens is 2. The van der Waals surface area contributed by atoms with Crippen molar-refractivity contribution in [2.45, 2.75) is 44.2 Å². The Morgan fingerprint density at radius 2 is 1.86 bits per heavy atom. The highest BCUT2D eigenvalue weighted by Gasteiger charge is 2.27. The van der Waals surface area contributed by atoms with E-state index in [9.17, 15) is 0 Å². The molecule has 2 aliphatic heterocycles. The molecule has 2 aromatic rings. The molecule has 1 saturated carbocycles. The molecule has 0 unspecified atom stereocenters. The van der Waals surface area contributed by atoms with Gasteiger partial charge in [0.25, 0.3) is 0 Å². The van der Waals surface area contributed by atoms with Gasteiger partial charge in [0.1, 0.15) is 17.9 Å². The summed E-state index contributed by atoms with van der Waals surface area (Å²) >= 11 is 0. The Labute approximate surface area is 165 Å². The maximum atomic E-state index is 5.84. The lowest BCUT2D eigenvalue weighted by atomic mass is 9.89. The van der Waals surface area contributed by atoms with Crippen LogP contribution in [-0.4, -0.2) is 59.9 Å². The van der Waals surface area contributed by atoms with Crippen molar-refractivity contribution >= 4 is 22.5 Å². The van der Waals surface area contributed by atoms with E-state index in [1.54, 1.807) is 6.33 Å². The lowest BCUT2D eigenvalue weighted by Crippen LogP contribution is -2.46. The van der Waals surface area contributed by atoms with Crippen LogP contribution in [-0.2, 0) is 9.47 Å². The van der Waals surface area contributed by atoms with Crippen LogP contribution in [0.3, 0.4) is 0 Å². The number of hydrogen-bond acceptors (Lipinski definition) is 6. The Bertz CT molecular complexity index is 849. The van der Waals surface area contributed by atoms with Crippen molar-refractivity contribution in [1.29, 1.82) is 0 Å². The molecule has 2 fully saturated rings. The van der Waals surface area contributed by atoms with Gasteiger partial charge in [-0.25, -0.2) is 9.97 Å². The molecule has 0 atom stereocenters. The summed E-state index contributed by atoms with van der Waals surface area (Å²) in [6.45, 7) is 4.68. The molecular weight excluding hydrogens is 352 g/mol. The molecule has 5 rings (SSSR count). The van der Waals surface area contributed by atoms with E-state index >= 15 is 0 Å². The van der Waals surface area contributed by atoms with E-state index < -0.39 is 0 Å². The third kappa shape index (κ3) is 3.59. The lowest BCUT2D eigenvalue weighted by Gasteiger charge is -2.39. The van der Waals surface area contributed by atoms with Crippen LogP contribution >= 0.6 is 0 Å². The molecule has 6 nitrogen and oxygen atoms in total. The molecule has 1 aliphatic carbocycles. The SMILES string of the molecule is C1=C(c2cccc3ncnc(NC4CCC(N5CCOCC5)CC4)c23)OCC1. The van der Waals surface area contributed by atoms with E-state index in [2.05, 4.69) is 38.4 Å². The summed E-state index contributed by atoms with van der Waals surface area (Å²) in [4.78, 5) is 11.7. The zero-order valence-corrected chi connectivity index (χ0v) is 16.3. The number of benzene rings is 1. The van der Waals surface area contributed by atoms with Crippen LogP contribution in [0.1, 0.15) is 37.7 Å². The van der Waals surface area contributed by atoms with Crippen LogP contribution in [0.25, 0.3) is 16.7 Å². The highest BCUT2D eigenvalue weighted by molar-refractivity contribution is 5.98. The molecule has 3 aliphatic rings. The third-order valence-electron chi connectivity index (χ3n) is 6.23. The number of rotatable bonds is 4. The second kappa shape index (κ2) is 8.05. The number of fused-ring (bicyclic) bond motifs is 1. The van der Waals surface area contributed by atoms with Crippen LogP contribution in [0, 0.1) is 0 Å². The largest absolute Gasteiger partial charge is 0.493 e. The average Bonchev–Trinajstić information content (AvgIpc) is 3.29. The minimum atomic E-state index is 0.460. The summed E-state index contributed by atoms with van der Waals surface area (Å²) in [5.74, 6) is 1.89. The summed E-state index contributed by atoms with van der Waals surface area (Å²) in [5, 5.41) is 4.81. The zero-order valence-electron chi connectivity index (χ0n) is 16.3. The first-order valence-corrected chi connectivity index (χ1v) is 10.5. The molecule has 1 saturated heterocycles. The van der Waals surface area contributed by atoms with Gasteiger partial charge < -0.3 is 14.8 Å². The van der Waals surface area contributed by atoms with E-state index in [1.165, 1.54) is 25.7 Å². The number of morpholine rings is 1. The van der Waals surface area contributed by atoms with Gasteiger partial charge in [0.15, 0.2) is 0 Å². The minimum Gasteiger partial charge on any atom is -0.493 e. The van der Waals surface area contributed by atoms with Gasteiger partial charge in [-0.15, -0.1) is 0 Å². The molecule has 0 spiro atoms. The summed E-state index contributed by atoms with van der Waals surface area (Å²) in [6.07, 6.45) is 9.62. The number of anilines is 1. The van der Waals surface area contributed by atoms with Gasteiger partial charge in [-0.2, -0.15) is 0 Å². The second-order valence-electron chi connectivity index (χ2n) is 7.93. The first-order valence-electron chi connectivity index (χ1n) is 10.5. The predicted molar refractivity (Wildman–Crippen MR) is 110 cm³/mol. The van der Waals surface area contributed by atoms with E-state index in [1.807, 2.05) is 6.07 Å².